The van der Waals surface area contributed by atoms with Crippen molar-refractivity contribution in [2.24, 2.45) is 14.1 Å². The first kappa shape index (κ1) is 34.5. The van der Waals surface area contributed by atoms with E-state index in [4.69, 9.17) is 9.47 Å². The summed E-state index contributed by atoms with van der Waals surface area (Å²) in [5, 5.41) is 21.0. The van der Waals surface area contributed by atoms with Crippen LogP contribution in [0.25, 0.3) is 65.2 Å². The van der Waals surface area contributed by atoms with E-state index in [9.17, 15) is 9.59 Å². The summed E-state index contributed by atoms with van der Waals surface area (Å²) in [7, 11) is 7.45. The Kier molecular flexibility index (Phi) is 9.24. The van der Waals surface area contributed by atoms with Gasteiger partial charge in [-0.3, -0.25) is 9.59 Å². The molecule has 0 atom stereocenters. The van der Waals surface area contributed by atoms with Crippen LogP contribution in [0.3, 0.4) is 0 Å². The van der Waals surface area contributed by atoms with E-state index >= 15 is 0 Å². The summed E-state index contributed by atoms with van der Waals surface area (Å²) < 4.78 is 15.9. The maximum atomic E-state index is 12.7. The van der Waals surface area contributed by atoms with E-state index in [1.165, 1.54) is 0 Å². The molecule has 8 aromatic rings. The third kappa shape index (κ3) is 5.99. The van der Waals surface area contributed by atoms with Gasteiger partial charge in [-0.25, -0.2) is 9.97 Å². The first-order valence-electron chi connectivity index (χ1n) is 18.1. The minimum Gasteiger partial charge on any atom is -0.496 e. The second kappa shape index (κ2) is 14.5. The maximum absolute atomic E-state index is 12.7. The number of para-hydroxylation sites is 2. The molecule has 4 N–H and O–H groups in total. The number of hydrogen-bond acceptors (Lipinski definition) is 8. The zero-order valence-electron chi connectivity index (χ0n) is 30.7. The van der Waals surface area contributed by atoms with Crippen molar-refractivity contribution in [2.75, 3.05) is 51.0 Å². The molecule has 0 saturated carbocycles. The summed E-state index contributed by atoms with van der Waals surface area (Å²) in [5.74, 6) is 2.59. The van der Waals surface area contributed by atoms with Gasteiger partial charge in [0, 0.05) is 132 Å². The molecule has 12 heteroatoms. The number of fused-ring (bicyclic) bond motifs is 10. The number of benzene rings is 4. The summed E-state index contributed by atoms with van der Waals surface area (Å²) in [5.41, 5.74) is 4.34. The number of hydrogen-bond donors (Lipinski definition) is 4. The van der Waals surface area contributed by atoms with Gasteiger partial charge in [-0.1, -0.05) is 36.4 Å². The topological polar surface area (TPSA) is 136 Å². The van der Waals surface area contributed by atoms with Gasteiger partial charge in [0.15, 0.2) is 0 Å². The summed E-state index contributed by atoms with van der Waals surface area (Å²) in [6, 6.07) is 24.7. The third-order valence-electron chi connectivity index (χ3n) is 10.3. The van der Waals surface area contributed by atoms with Crippen LogP contribution in [0.2, 0.25) is 0 Å². The van der Waals surface area contributed by atoms with Crippen LogP contribution in [0.15, 0.2) is 85.2 Å². The molecular formula is C42H42N8O4. The standard InChI is InChI=1S/C42H42N8O4/c1-49-29-11-7-5-9-25(29)37-31(49)23-33(53-3)27-15-17-45-41(39(27)37)47-21-19-43-35(51)13-14-36(52)44-20-22-48-42-40-28(16-18-46-42)34(54-4)24-32-38(40)26-10-6-8-12-30(26)50(32)2/h5-12,15-18,23-24H,13-14,19-22H2,1-4H3,(H,43,51)(H,44,52)(H,45,47)(H,46,48). The number of amides is 2. The molecule has 0 spiro atoms. The van der Waals surface area contributed by atoms with Crippen molar-refractivity contribution >= 4 is 88.6 Å². The van der Waals surface area contributed by atoms with Crippen molar-refractivity contribution in [2.45, 2.75) is 12.8 Å². The average molecular weight is 723 g/mol. The van der Waals surface area contributed by atoms with E-state index in [0.717, 1.165) is 88.3 Å². The molecule has 0 aliphatic rings. The number of carbonyl (C=O) groups is 2. The highest BCUT2D eigenvalue weighted by Gasteiger charge is 2.20. The smallest absolute Gasteiger partial charge is 0.220 e. The molecule has 0 aliphatic heterocycles. The van der Waals surface area contributed by atoms with E-state index < -0.39 is 0 Å². The molecule has 0 bridgehead atoms. The Labute approximate surface area is 311 Å². The summed E-state index contributed by atoms with van der Waals surface area (Å²) in [6.45, 7) is 1.66. The number of ether oxygens (including phenoxy) is 2. The predicted molar refractivity (Wildman–Crippen MR) is 217 cm³/mol. The van der Waals surface area contributed by atoms with Crippen molar-refractivity contribution in [3.8, 4) is 11.5 Å². The number of rotatable bonds is 13. The van der Waals surface area contributed by atoms with Crippen LogP contribution in [0, 0.1) is 0 Å². The van der Waals surface area contributed by atoms with Crippen LogP contribution >= 0.6 is 0 Å². The Morgan fingerprint density at radius 1 is 0.556 bits per heavy atom. The van der Waals surface area contributed by atoms with Gasteiger partial charge in [0.2, 0.25) is 11.8 Å². The number of aryl methyl sites for hydroxylation is 2. The Bertz CT molecular complexity index is 2550. The minimum absolute atomic E-state index is 0.0866. The number of pyridine rings is 2. The van der Waals surface area contributed by atoms with Crippen LogP contribution in [-0.2, 0) is 23.7 Å². The lowest BCUT2D eigenvalue weighted by atomic mass is 10.0. The van der Waals surface area contributed by atoms with Crippen molar-refractivity contribution < 1.29 is 19.1 Å². The van der Waals surface area contributed by atoms with Crippen molar-refractivity contribution in [3.63, 3.8) is 0 Å². The molecule has 0 saturated heterocycles. The Morgan fingerprint density at radius 3 is 1.41 bits per heavy atom. The molecule has 0 radical (unpaired) electrons. The van der Waals surface area contributed by atoms with Crippen LogP contribution in [0.4, 0.5) is 11.6 Å². The van der Waals surface area contributed by atoms with Crippen LogP contribution < -0.4 is 30.7 Å². The highest BCUT2D eigenvalue weighted by molar-refractivity contribution is 6.26. The Hall–Kier alpha value is -6.56. The molecule has 274 valence electrons. The SMILES string of the molecule is COc1cc2c(c3ccccc3n2C)c2c(NCCNC(=O)CCC(=O)NCCNc3nccc4c(OC)cc5c(c6ccccc6n5C)c34)nccc12. The summed E-state index contributed by atoms with van der Waals surface area (Å²) in [6.07, 6.45) is 3.69. The Morgan fingerprint density at radius 2 is 0.981 bits per heavy atom. The molecular weight excluding hydrogens is 681 g/mol. The number of nitrogens with zero attached hydrogens (tertiary/aromatic N) is 4. The summed E-state index contributed by atoms with van der Waals surface area (Å²) in [4.78, 5) is 34.7. The fraction of sp³-hybridized carbons (Fsp3) is 0.238. The van der Waals surface area contributed by atoms with Gasteiger partial charge in [0.25, 0.3) is 0 Å². The molecule has 54 heavy (non-hydrogen) atoms. The van der Waals surface area contributed by atoms with E-state index in [1.54, 1.807) is 26.6 Å². The first-order valence-corrected chi connectivity index (χ1v) is 18.1. The van der Waals surface area contributed by atoms with E-state index in [0.29, 0.717) is 26.2 Å². The molecule has 8 rings (SSSR count). The largest absolute Gasteiger partial charge is 0.496 e. The molecule has 0 aliphatic carbocycles. The van der Waals surface area contributed by atoms with Crippen LogP contribution in [0.1, 0.15) is 12.8 Å². The lowest BCUT2D eigenvalue weighted by Crippen LogP contribution is -2.32. The molecule has 4 aromatic heterocycles. The van der Waals surface area contributed by atoms with Gasteiger partial charge >= 0.3 is 0 Å². The average Bonchev–Trinajstić information content (AvgIpc) is 3.66. The highest BCUT2D eigenvalue weighted by Crippen LogP contribution is 2.42. The van der Waals surface area contributed by atoms with E-state index in [2.05, 4.69) is 90.9 Å². The number of carbonyl (C=O) groups excluding carboxylic acids is 2. The van der Waals surface area contributed by atoms with Crippen molar-refractivity contribution in [1.82, 2.24) is 29.7 Å². The van der Waals surface area contributed by atoms with Crippen LogP contribution in [0.5, 0.6) is 11.5 Å². The maximum Gasteiger partial charge on any atom is 0.220 e. The van der Waals surface area contributed by atoms with Gasteiger partial charge in [0.05, 0.1) is 25.3 Å². The van der Waals surface area contributed by atoms with Crippen molar-refractivity contribution in [3.05, 3.63) is 85.2 Å². The predicted octanol–water partition coefficient (Wildman–Crippen LogP) is 6.63. The lowest BCUT2D eigenvalue weighted by Gasteiger charge is -2.14. The monoisotopic (exact) mass is 722 g/mol. The van der Waals surface area contributed by atoms with Crippen LogP contribution in [-0.4, -0.2) is 71.3 Å². The summed E-state index contributed by atoms with van der Waals surface area (Å²) >= 11 is 0. The number of methoxy groups -OCH3 is 2. The molecule has 4 heterocycles. The molecule has 2 amide bonds. The van der Waals surface area contributed by atoms with Gasteiger partial charge in [-0.2, -0.15) is 0 Å². The molecule has 4 aromatic carbocycles. The van der Waals surface area contributed by atoms with Gasteiger partial charge in [-0.15, -0.1) is 0 Å². The number of anilines is 2. The van der Waals surface area contributed by atoms with Gasteiger partial charge in [-0.05, 0) is 24.3 Å². The second-order valence-electron chi connectivity index (χ2n) is 13.3. The quantitative estimate of drug-likeness (QED) is 0.0975. The zero-order valence-corrected chi connectivity index (χ0v) is 30.7. The second-order valence-corrected chi connectivity index (χ2v) is 13.3. The van der Waals surface area contributed by atoms with Gasteiger partial charge < -0.3 is 39.9 Å². The fourth-order valence-corrected chi connectivity index (χ4v) is 7.71. The third-order valence-corrected chi connectivity index (χ3v) is 10.3. The van der Waals surface area contributed by atoms with Crippen molar-refractivity contribution in [1.29, 1.82) is 0 Å². The van der Waals surface area contributed by atoms with E-state index in [1.807, 2.05) is 36.4 Å². The molecule has 0 fully saturated rings. The Balaban J connectivity index is 0.858. The van der Waals surface area contributed by atoms with E-state index in [-0.39, 0.29) is 24.7 Å². The first-order chi connectivity index (χ1) is 26.4. The highest BCUT2D eigenvalue weighted by atomic mass is 16.5. The minimum atomic E-state index is -0.193. The molecule has 12 nitrogen and oxygen atoms in total. The zero-order chi connectivity index (χ0) is 37.3. The number of nitrogens with one attached hydrogen (secondary N) is 4. The lowest BCUT2D eigenvalue weighted by molar-refractivity contribution is -0.126. The normalized spacial score (nSPS) is 11.6. The number of aromatic nitrogens is 4. The van der Waals surface area contributed by atoms with Gasteiger partial charge in [0.1, 0.15) is 23.1 Å². The fourth-order valence-electron chi connectivity index (χ4n) is 7.71. The molecule has 0 unspecified atom stereocenters.